The second-order valence-corrected chi connectivity index (χ2v) is 9.62. The highest BCUT2D eigenvalue weighted by Crippen LogP contribution is 2.59. The van der Waals surface area contributed by atoms with E-state index >= 15 is 0 Å². The minimum atomic E-state index is -4.90. The molecule has 2 N–H and O–H groups in total. The molecule has 0 amide bonds. The minimum absolute atomic E-state index is 0.0303. The first-order valence-electron chi connectivity index (χ1n) is 8.79. The van der Waals surface area contributed by atoms with Crippen molar-refractivity contribution in [1.82, 2.24) is 5.09 Å². The molecule has 2 unspecified atom stereocenters. The number of ether oxygens (including phenoxy) is 1. The zero-order valence-electron chi connectivity index (χ0n) is 16.7. The molecule has 0 bridgehead atoms. The lowest BCUT2D eigenvalue weighted by Crippen LogP contribution is -2.41. The molecule has 0 fully saturated rings. The molecule has 0 aliphatic heterocycles. The Morgan fingerprint density at radius 3 is 2.36 bits per heavy atom. The van der Waals surface area contributed by atoms with E-state index in [1.54, 1.807) is 39.0 Å². The summed E-state index contributed by atoms with van der Waals surface area (Å²) in [7, 11) is -4.90. The third-order valence-electron chi connectivity index (χ3n) is 3.48. The molecule has 0 saturated heterocycles. The van der Waals surface area contributed by atoms with Gasteiger partial charge in [0.05, 0.1) is 6.61 Å². The number of nitrogens with one attached hydrogen (secondary N) is 1. The van der Waals surface area contributed by atoms with Crippen LogP contribution in [-0.4, -0.2) is 35.0 Å². The van der Waals surface area contributed by atoms with Gasteiger partial charge in [0.1, 0.15) is 17.4 Å². The fraction of sp³-hybridized carbons (Fsp3) is 0.526. The van der Waals surface area contributed by atoms with Crippen LogP contribution in [-0.2, 0) is 14.1 Å². The number of esters is 1. The van der Waals surface area contributed by atoms with Gasteiger partial charge in [-0.3, -0.25) is 9.36 Å². The summed E-state index contributed by atoms with van der Waals surface area (Å²) in [6.45, 7) is 7.25. The maximum Gasteiger partial charge on any atom is 0.386 e. The molecule has 158 valence electrons. The van der Waals surface area contributed by atoms with Crippen LogP contribution >= 0.6 is 7.52 Å². The van der Waals surface area contributed by atoms with Crippen LogP contribution in [0.15, 0.2) is 42.0 Å². The predicted octanol–water partition coefficient (Wildman–Crippen LogP) is 4.50. The number of halogens is 2. The van der Waals surface area contributed by atoms with Gasteiger partial charge in [0.15, 0.2) is 0 Å². The van der Waals surface area contributed by atoms with E-state index in [0.717, 1.165) is 6.08 Å². The maximum atomic E-state index is 14.9. The highest BCUT2D eigenvalue weighted by atomic mass is 31.2. The number of aliphatic hydroxyl groups excluding tert-OH is 1. The molecule has 9 heteroatoms. The molecular weight excluding hydrogens is 391 g/mol. The monoisotopic (exact) mass is 419 g/mol. The topological polar surface area (TPSA) is 84.9 Å². The van der Waals surface area contributed by atoms with Crippen LogP contribution in [0.2, 0.25) is 0 Å². The van der Waals surface area contributed by atoms with Crippen LogP contribution in [0.5, 0.6) is 5.75 Å². The first-order valence-corrected chi connectivity index (χ1v) is 10.4. The zero-order valence-corrected chi connectivity index (χ0v) is 17.6. The molecule has 0 heterocycles. The van der Waals surface area contributed by atoms with Crippen molar-refractivity contribution in [2.45, 2.75) is 58.3 Å². The summed E-state index contributed by atoms with van der Waals surface area (Å²) < 4.78 is 53.3. The highest BCUT2D eigenvalue weighted by molar-refractivity contribution is 7.58. The number of para-hydroxylation sites is 1. The molecule has 0 radical (unpaired) electrons. The Morgan fingerprint density at radius 1 is 1.29 bits per heavy atom. The van der Waals surface area contributed by atoms with Crippen molar-refractivity contribution in [2.75, 3.05) is 6.61 Å². The molecule has 1 rings (SSSR count). The second kappa shape index (κ2) is 9.63. The molecule has 1 aromatic carbocycles. The lowest BCUT2D eigenvalue weighted by Gasteiger charge is -2.30. The van der Waals surface area contributed by atoms with E-state index in [2.05, 4.69) is 5.09 Å². The average molecular weight is 419 g/mol. The number of benzene rings is 1. The quantitative estimate of drug-likeness (QED) is 0.348. The fourth-order valence-electron chi connectivity index (χ4n) is 2.00. The van der Waals surface area contributed by atoms with Gasteiger partial charge in [0.25, 0.3) is 0 Å². The van der Waals surface area contributed by atoms with E-state index in [9.17, 15) is 18.1 Å². The summed E-state index contributed by atoms with van der Waals surface area (Å²) in [5, 5.41) is 11.2. The van der Waals surface area contributed by atoms with Crippen molar-refractivity contribution in [1.29, 1.82) is 0 Å². The minimum Gasteiger partial charge on any atom is -0.459 e. The normalized spacial score (nSPS) is 16.2. The van der Waals surface area contributed by atoms with Gasteiger partial charge < -0.3 is 14.4 Å². The summed E-state index contributed by atoms with van der Waals surface area (Å²) in [5.74, 6) is -0.862. The number of rotatable bonds is 9. The van der Waals surface area contributed by atoms with Crippen LogP contribution in [0.25, 0.3) is 0 Å². The molecule has 6 nitrogen and oxygen atoms in total. The summed E-state index contributed by atoms with van der Waals surface area (Å²) in [5.41, 5.74) is -4.37. The van der Waals surface area contributed by atoms with Crippen molar-refractivity contribution in [3.05, 3.63) is 42.0 Å². The van der Waals surface area contributed by atoms with Crippen LogP contribution in [0.1, 0.15) is 41.0 Å². The Labute approximate surface area is 164 Å². The van der Waals surface area contributed by atoms with Gasteiger partial charge in [-0.05, 0) is 46.8 Å². The second-order valence-electron chi connectivity index (χ2n) is 7.42. The lowest BCUT2D eigenvalue weighted by molar-refractivity contribution is -0.156. The molecule has 0 spiro atoms. The van der Waals surface area contributed by atoms with Gasteiger partial charge in [-0.1, -0.05) is 29.8 Å². The number of carbonyl (C=O) groups is 1. The van der Waals surface area contributed by atoms with Gasteiger partial charge in [0.2, 0.25) is 0 Å². The molecule has 0 aliphatic carbocycles. The molecule has 2 atom stereocenters. The van der Waals surface area contributed by atoms with E-state index in [4.69, 9.17) is 14.4 Å². The van der Waals surface area contributed by atoms with E-state index in [-0.39, 0.29) is 5.75 Å². The highest BCUT2D eigenvalue weighted by Gasteiger charge is 2.53. The standard InChI is InChI=1S/C19H28F2NO5P/c1-14(13-23)11-12-19(20,21)28(25,27-16-9-7-6-8-10-16)22-15(2)17(24)26-18(3,4)5/h6-11,15,23H,12-13H2,1-5H3,(H,22,25)/b14-11+. The molecule has 0 aromatic heterocycles. The van der Waals surface area contributed by atoms with Crippen LogP contribution in [0, 0.1) is 0 Å². The molecule has 0 saturated carbocycles. The van der Waals surface area contributed by atoms with Crippen LogP contribution in [0.3, 0.4) is 0 Å². The predicted molar refractivity (Wildman–Crippen MR) is 104 cm³/mol. The van der Waals surface area contributed by atoms with Gasteiger partial charge >= 0.3 is 19.2 Å². The average Bonchev–Trinajstić information content (AvgIpc) is 2.58. The van der Waals surface area contributed by atoms with Crippen LogP contribution < -0.4 is 9.61 Å². The smallest absolute Gasteiger partial charge is 0.386 e. The number of alkyl halides is 2. The zero-order chi connectivity index (χ0) is 21.6. The number of hydrogen-bond acceptors (Lipinski definition) is 5. The first-order chi connectivity index (χ1) is 12.8. The number of hydrogen-bond donors (Lipinski definition) is 2. The van der Waals surface area contributed by atoms with Crippen molar-refractivity contribution in [2.24, 2.45) is 0 Å². The van der Waals surface area contributed by atoms with Crippen LogP contribution in [0.4, 0.5) is 8.78 Å². The molecule has 0 aliphatic rings. The first kappa shape index (κ1) is 24.3. The summed E-state index contributed by atoms with van der Waals surface area (Å²) in [6.07, 6.45) is 0.151. The summed E-state index contributed by atoms with van der Waals surface area (Å²) in [6, 6.07) is 6.22. The van der Waals surface area contributed by atoms with Gasteiger partial charge in [-0.15, -0.1) is 0 Å². The van der Waals surface area contributed by atoms with Crippen molar-refractivity contribution < 1.29 is 32.5 Å². The largest absolute Gasteiger partial charge is 0.459 e. The van der Waals surface area contributed by atoms with Gasteiger partial charge in [0, 0.05) is 6.42 Å². The Bertz CT molecular complexity index is 732. The third-order valence-corrected chi connectivity index (χ3v) is 5.72. The number of aliphatic hydroxyl groups is 1. The maximum absolute atomic E-state index is 14.9. The SMILES string of the molecule is C/C(=C\CC(F)(F)P(=O)(NC(C)C(=O)OC(C)(C)C)Oc1ccccc1)CO. The van der Waals surface area contributed by atoms with Gasteiger partial charge in [-0.2, -0.15) is 8.78 Å². The Hall–Kier alpha value is -1.76. The van der Waals surface area contributed by atoms with E-state index < -0.39 is 43.8 Å². The summed E-state index contributed by atoms with van der Waals surface area (Å²) in [4.78, 5) is 12.2. The van der Waals surface area contributed by atoms with E-state index in [1.807, 2.05) is 0 Å². The van der Waals surface area contributed by atoms with Crippen molar-refractivity contribution in [3.8, 4) is 5.75 Å². The third kappa shape index (κ3) is 7.34. The molecular formula is C19H28F2NO5P. The number of carbonyl (C=O) groups excluding carboxylic acids is 1. The Balaban J connectivity index is 3.16. The Morgan fingerprint density at radius 2 is 1.86 bits per heavy atom. The van der Waals surface area contributed by atoms with E-state index in [0.29, 0.717) is 5.57 Å². The fourth-order valence-corrected chi connectivity index (χ4v) is 3.74. The van der Waals surface area contributed by atoms with Crippen molar-refractivity contribution in [3.63, 3.8) is 0 Å². The molecule has 28 heavy (non-hydrogen) atoms. The molecule has 1 aromatic rings. The Kier molecular flexibility index (Phi) is 8.35. The van der Waals surface area contributed by atoms with Gasteiger partial charge in [-0.25, -0.2) is 5.09 Å². The number of allylic oxidation sites excluding steroid dienone is 1. The van der Waals surface area contributed by atoms with E-state index in [1.165, 1.54) is 26.0 Å². The summed E-state index contributed by atoms with van der Waals surface area (Å²) >= 11 is 0. The van der Waals surface area contributed by atoms with Crippen molar-refractivity contribution >= 4 is 13.5 Å². The lowest BCUT2D eigenvalue weighted by atomic mass is 10.2.